The van der Waals surface area contributed by atoms with E-state index in [-0.39, 0.29) is 16.6 Å². The van der Waals surface area contributed by atoms with Gasteiger partial charge in [0.05, 0.1) is 4.90 Å². The molecule has 0 bridgehead atoms. The molecule has 0 aliphatic heterocycles. The summed E-state index contributed by atoms with van der Waals surface area (Å²) in [5.41, 5.74) is 2.19. The largest absolute Gasteiger partial charge is 0.326 e. The normalized spacial score (nSPS) is 11.2. The third kappa shape index (κ3) is 6.01. The number of aromatic nitrogens is 2. The van der Waals surface area contributed by atoms with Crippen molar-refractivity contribution >= 4 is 39.0 Å². The maximum Gasteiger partial charge on any atom is 0.263 e. The highest BCUT2D eigenvalue weighted by atomic mass is 35.5. The minimum absolute atomic E-state index is 0.0654. The number of sulfonamides is 1. The van der Waals surface area contributed by atoms with Crippen molar-refractivity contribution in [2.24, 2.45) is 0 Å². The van der Waals surface area contributed by atoms with Gasteiger partial charge in [0.1, 0.15) is 11.6 Å². The zero-order valence-electron chi connectivity index (χ0n) is 16.5. The summed E-state index contributed by atoms with van der Waals surface area (Å²) in [7, 11) is -3.81. The van der Waals surface area contributed by atoms with E-state index < -0.39 is 10.0 Å². The van der Waals surface area contributed by atoms with E-state index in [2.05, 4.69) is 20.0 Å². The maximum absolute atomic E-state index is 12.6. The number of hydrogen-bond donors (Lipinski definition) is 2. The van der Waals surface area contributed by atoms with Gasteiger partial charge < -0.3 is 5.32 Å². The Bertz CT molecular complexity index is 1130. The van der Waals surface area contributed by atoms with E-state index in [0.29, 0.717) is 35.1 Å². The molecular formula is C21H21ClN4O3S. The molecule has 0 aliphatic carbocycles. The molecule has 0 saturated heterocycles. The van der Waals surface area contributed by atoms with Gasteiger partial charge in [0.15, 0.2) is 0 Å². The lowest BCUT2D eigenvalue weighted by molar-refractivity contribution is -0.116. The molecule has 30 heavy (non-hydrogen) atoms. The first-order valence-corrected chi connectivity index (χ1v) is 11.1. The van der Waals surface area contributed by atoms with E-state index in [0.717, 1.165) is 5.56 Å². The number of anilines is 2. The Balaban J connectivity index is 1.60. The number of aryl methyl sites for hydroxylation is 3. The number of nitrogens with one attached hydrogen (secondary N) is 2. The van der Waals surface area contributed by atoms with Crippen LogP contribution in [0.25, 0.3) is 0 Å². The van der Waals surface area contributed by atoms with Gasteiger partial charge in [0.2, 0.25) is 5.91 Å². The standard InChI is InChI=1S/C21H21ClN4O3S/c1-14-13-20(24-15(2)23-14)26-30(28,29)19-10-8-18(9-11-19)25-21(27)12-5-16-3-6-17(22)7-4-16/h3-4,6-11,13H,5,12H2,1-2H3,(H,25,27)(H,23,24,26). The molecule has 0 saturated carbocycles. The Morgan fingerprint density at radius 1 is 1.00 bits per heavy atom. The quantitative estimate of drug-likeness (QED) is 0.570. The van der Waals surface area contributed by atoms with Crippen LogP contribution in [0.3, 0.4) is 0 Å². The lowest BCUT2D eigenvalue weighted by atomic mass is 10.1. The zero-order valence-corrected chi connectivity index (χ0v) is 18.1. The molecule has 156 valence electrons. The van der Waals surface area contributed by atoms with Gasteiger partial charge >= 0.3 is 0 Å². The predicted molar refractivity (Wildman–Crippen MR) is 117 cm³/mol. The SMILES string of the molecule is Cc1cc(NS(=O)(=O)c2ccc(NC(=O)CCc3ccc(Cl)cc3)cc2)nc(C)n1. The van der Waals surface area contributed by atoms with Crippen LogP contribution in [0.5, 0.6) is 0 Å². The van der Waals surface area contributed by atoms with E-state index in [1.807, 2.05) is 12.1 Å². The molecule has 7 nitrogen and oxygen atoms in total. The summed E-state index contributed by atoms with van der Waals surface area (Å²) >= 11 is 5.85. The van der Waals surface area contributed by atoms with Crippen LogP contribution in [0, 0.1) is 13.8 Å². The van der Waals surface area contributed by atoms with Crippen LogP contribution in [-0.2, 0) is 21.2 Å². The number of amides is 1. The van der Waals surface area contributed by atoms with Crippen LogP contribution in [0.1, 0.15) is 23.5 Å². The molecule has 2 N–H and O–H groups in total. The molecule has 0 fully saturated rings. The highest BCUT2D eigenvalue weighted by Crippen LogP contribution is 2.18. The van der Waals surface area contributed by atoms with Gasteiger partial charge in [0.25, 0.3) is 10.0 Å². The van der Waals surface area contributed by atoms with E-state index in [4.69, 9.17) is 11.6 Å². The summed E-state index contributed by atoms with van der Waals surface area (Å²) in [5, 5.41) is 3.42. The number of halogens is 1. The average Bonchev–Trinajstić information content (AvgIpc) is 2.67. The Hall–Kier alpha value is -2.97. The van der Waals surface area contributed by atoms with Gasteiger partial charge in [0, 0.05) is 28.9 Å². The van der Waals surface area contributed by atoms with Crippen LogP contribution in [0.4, 0.5) is 11.5 Å². The molecular weight excluding hydrogens is 424 g/mol. The van der Waals surface area contributed by atoms with Crippen molar-refractivity contribution in [1.29, 1.82) is 0 Å². The van der Waals surface area contributed by atoms with Crippen molar-refractivity contribution in [2.45, 2.75) is 31.6 Å². The third-order valence-corrected chi connectivity index (χ3v) is 5.83. The molecule has 3 rings (SSSR count). The first kappa shape index (κ1) is 21.7. The number of carbonyl (C=O) groups excluding carboxylic acids is 1. The predicted octanol–water partition coefficient (Wildman–Crippen LogP) is 4.12. The number of hydrogen-bond acceptors (Lipinski definition) is 5. The summed E-state index contributed by atoms with van der Waals surface area (Å²) in [5.74, 6) is 0.523. The summed E-state index contributed by atoms with van der Waals surface area (Å²) in [6.07, 6.45) is 0.882. The molecule has 1 amide bonds. The van der Waals surface area contributed by atoms with Crippen molar-refractivity contribution in [3.8, 4) is 0 Å². The number of nitrogens with zero attached hydrogens (tertiary/aromatic N) is 2. The van der Waals surface area contributed by atoms with Crippen molar-refractivity contribution in [1.82, 2.24) is 9.97 Å². The second-order valence-corrected chi connectivity index (χ2v) is 8.87. The molecule has 9 heteroatoms. The first-order chi connectivity index (χ1) is 14.2. The molecule has 0 atom stereocenters. The van der Waals surface area contributed by atoms with Crippen molar-refractivity contribution in [3.63, 3.8) is 0 Å². The highest BCUT2D eigenvalue weighted by molar-refractivity contribution is 7.92. The van der Waals surface area contributed by atoms with E-state index in [9.17, 15) is 13.2 Å². The van der Waals surface area contributed by atoms with Gasteiger partial charge in [-0.25, -0.2) is 18.4 Å². The maximum atomic E-state index is 12.6. The fourth-order valence-corrected chi connectivity index (χ4v) is 3.93. The molecule has 3 aromatic rings. The molecule has 0 unspecified atom stereocenters. The number of carbonyl (C=O) groups is 1. The summed E-state index contributed by atoms with van der Waals surface area (Å²) in [6, 6.07) is 14.8. The zero-order chi connectivity index (χ0) is 21.7. The Labute approximate surface area is 180 Å². The monoisotopic (exact) mass is 444 g/mol. The Kier molecular flexibility index (Phi) is 6.69. The minimum Gasteiger partial charge on any atom is -0.326 e. The molecule has 1 aromatic heterocycles. The third-order valence-electron chi connectivity index (χ3n) is 4.21. The fourth-order valence-electron chi connectivity index (χ4n) is 2.82. The topological polar surface area (TPSA) is 101 Å². The van der Waals surface area contributed by atoms with Crippen LogP contribution in [0.15, 0.2) is 59.5 Å². The molecule has 0 spiro atoms. The summed E-state index contributed by atoms with van der Waals surface area (Å²) in [4.78, 5) is 20.4. The minimum atomic E-state index is -3.81. The van der Waals surface area contributed by atoms with E-state index in [1.165, 1.54) is 12.1 Å². The lowest BCUT2D eigenvalue weighted by Gasteiger charge is -2.10. The molecule has 1 heterocycles. The second-order valence-electron chi connectivity index (χ2n) is 6.75. The number of benzene rings is 2. The van der Waals surface area contributed by atoms with E-state index >= 15 is 0 Å². The lowest BCUT2D eigenvalue weighted by Crippen LogP contribution is -2.15. The van der Waals surface area contributed by atoms with Gasteiger partial charge in [-0.1, -0.05) is 23.7 Å². The summed E-state index contributed by atoms with van der Waals surface area (Å²) in [6.45, 7) is 3.45. The van der Waals surface area contributed by atoms with Crippen molar-refractivity contribution in [3.05, 3.63) is 76.7 Å². The fraction of sp³-hybridized carbons (Fsp3) is 0.190. The van der Waals surface area contributed by atoms with Gasteiger partial charge in [-0.3, -0.25) is 9.52 Å². The van der Waals surface area contributed by atoms with Crippen LogP contribution >= 0.6 is 11.6 Å². The van der Waals surface area contributed by atoms with E-state index in [1.54, 1.807) is 44.2 Å². The van der Waals surface area contributed by atoms with Crippen molar-refractivity contribution in [2.75, 3.05) is 10.0 Å². The average molecular weight is 445 g/mol. The van der Waals surface area contributed by atoms with Crippen LogP contribution in [0.2, 0.25) is 5.02 Å². The molecule has 2 aromatic carbocycles. The van der Waals surface area contributed by atoms with Gasteiger partial charge in [-0.2, -0.15) is 0 Å². The smallest absolute Gasteiger partial charge is 0.263 e. The van der Waals surface area contributed by atoms with Crippen LogP contribution in [-0.4, -0.2) is 24.3 Å². The van der Waals surface area contributed by atoms with Gasteiger partial charge in [-0.15, -0.1) is 0 Å². The molecule has 0 aliphatic rings. The highest BCUT2D eigenvalue weighted by Gasteiger charge is 2.15. The Morgan fingerprint density at radius 3 is 2.30 bits per heavy atom. The van der Waals surface area contributed by atoms with Crippen molar-refractivity contribution < 1.29 is 13.2 Å². The van der Waals surface area contributed by atoms with Gasteiger partial charge in [-0.05, 0) is 62.2 Å². The number of rotatable bonds is 7. The summed E-state index contributed by atoms with van der Waals surface area (Å²) < 4.78 is 27.6. The van der Waals surface area contributed by atoms with Crippen LogP contribution < -0.4 is 10.0 Å². The molecule has 0 radical (unpaired) electrons. The first-order valence-electron chi connectivity index (χ1n) is 9.21. The second kappa shape index (κ2) is 9.23. The Morgan fingerprint density at radius 2 is 1.67 bits per heavy atom.